The molecular formula is C18H10BrCl. The van der Waals surface area contributed by atoms with Gasteiger partial charge in [0.15, 0.2) is 0 Å². The second kappa shape index (κ2) is 4.47. The molecule has 0 fully saturated rings. The first kappa shape index (κ1) is 12.2. The molecule has 0 radical (unpaired) electrons. The van der Waals surface area contributed by atoms with Gasteiger partial charge in [0.25, 0.3) is 0 Å². The van der Waals surface area contributed by atoms with Crippen LogP contribution in [0.2, 0.25) is 5.02 Å². The second-order valence-corrected chi connectivity index (χ2v) is 6.28. The molecule has 0 unspecified atom stereocenters. The van der Waals surface area contributed by atoms with Gasteiger partial charge in [0.2, 0.25) is 0 Å². The molecule has 0 bridgehead atoms. The summed E-state index contributed by atoms with van der Waals surface area (Å²) in [4.78, 5) is 0. The fraction of sp³-hybridized carbons (Fsp3) is 0. The van der Waals surface area contributed by atoms with E-state index >= 15 is 0 Å². The van der Waals surface area contributed by atoms with Gasteiger partial charge in [-0.2, -0.15) is 0 Å². The molecule has 0 atom stereocenters. The van der Waals surface area contributed by atoms with Crippen molar-refractivity contribution >= 4 is 59.8 Å². The molecule has 0 saturated heterocycles. The van der Waals surface area contributed by atoms with E-state index < -0.39 is 0 Å². The van der Waals surface area contributed by atoms with Crippen LogP contribution in [-0.2, 0) is 0 Å². The lowest BCUT2D eigenvalue weighted by molar-refractivity contribution is 1.73. The minimum atomic E-state index is 0.772. The minimum Gasteiger partial charge on any atom is -0.0843 e. The number of hydrogen-bond donors (Lipinski definition) is 0. The number of rotatable bonds is 0. The Morgan fingerprint density at radius 2 is 1.15 bits per heavy atom. The van der Waals surface area contributed by atoms with Crippen LogP contribution >= 0.6 is 27.5 Å². The van der Waals surface area contributed by atoms with E-state index in [4.69, 9.17) is 11.6 Å². The molecule has 0 N–H and O–H groups in total. The van der Waals surface area contributed by atoms with E-state index in [1.165, 1.54) is 32.3 Å². The Kier molecular flexibility index (Phi) is 2.73. The molecule has 4 aromatic rings. The summed E-state index contributed by atoms with van der Waals surface area (Å²) in [6, 6.07) is 21.1. The van der Waals surface area contributed by atoms with Gasteiger partial charge in [-0.1, -0.05) is 63.9 Å². The third-order valence-electron chi connectivity index (χ3n) is 3.76. The molecule has 0 spiro atoms. The quantitative estimate of drug-likeness (QED) is 0.318. The highest BCUT2D eigenvalue weighted by atomic mass is 79.9. The average Bonchev–Trinajstić information content (AvgIpc) is 2.47. The summed E-state index contributed by atoms with van der Waals surface area (Å²) < 4.78 is 1.08. The van der Waals surface area contributed by atoms with Crippen molar-refractivity contribution in [3.8, 4) is 0 Å². The van der Waals surface area contributed by atoms with Crippen LogP contribution in [0.1, 0.15) is 0 Å². The average molecular weight is 342 g/mol. The summed E-state index contributed by atoms with van der Waals surface area (Å²) in [6.07, 6.45) is 0. The van der Waals surface area contributed by atoms with Crippen molar-refractivity contribution in [3.05, 3.63) is 70.2 Å². The first-order chi connectivity index (χ1) is 9.74. The van der Waals surface area contributed by atoms with Crippen LogP contribution in [0.3, 0.4) is 0 Å². The van der Waals surface area contributed by atoms with Crippen molar-refractivity contribution in [1.29, 1.82) is 0 Å². The lowest BCUT2D eigenvalue weighted by Crippen LogP contribution is -1.83. The summed E-state index contributed by atoms with van der Waals surface area (Å²) in [5, 5.41) is 8.27. The standard InChI is InChI=1S/C18H10BrCl/c19-11-5-7-15-13-3-1-2-4-14(13)16-8-6-12(20)10-18(16)17(15)9-11/h1-10H. The van der Waals surface area contributed by atoms with E-state index in [0.29, 0.717) is 0 Å². The van der Waals surface area contributed by atoms with Gasteiger partial charge in [-0.3, -0.25) is 0 Å². The molecule has 96 valence electrons. The van der Waals surface area contributed by atoms with Gasteiger partial charge in [0.1, 0.15) is 0 Å². The summed E-state index contributed by atoms with van der Waals surface area (Å²) in [5.41, 5.74) is 0. The summed E-state index contributed by atoms with van der Waals surface area (Å²) in [6.45, 7) is 0. The molecule has 0 heterocycles. The predicted octanol–water partition coefficient (Wildman–Crippen LogP) is 6.56. The Morgan fingerprint density at radius 3 is 1.85 bits per heavy atom. The minimum absolute atomic E-state index is 0.772. The molecule has 0 amide bonds. The molecule has 0 aliphatic heterocycles. The topological polar surface area (TPSA) is 0 Å². The van der Waals surface area contributed by atoms with Crippen LogP contribution in [0, 0.1) is 0 Å². The van der Waals surface area contributed by atoms with Crippen LogP contribution in [0.4, 0.5) is 0 Å². The lowest BCUT2D eigenvalue weighted by Gasteiger charge is -2.10. The third kappa shape index (κ3) is 1.74. The van der Waals surface area contributed by atoms with Crippen molar-refractivity contribution in [2.45, 2.75) is 0 Å². The Hall–Kier alpha value is -1.57. The van der Waals surface area contributed by atoms with E-state index in [1.54, 1.807) is 0 Å². The van der Waals surface area contributed by atoms with Crippen molar-refractivity contribution < 1.29 is 0 Å². The van der Waals surface area contributed by atoms with Crippen molar-refractivity contribution in [2.75, 3.05) is 0 Å². The fourth-order valence-electron chi connectivity index (χ4n) is 2.90. The molecule has 4 rings (SSSR count). The normalized spacial score (nSPS) is 11.5. The molecule has 0 aliphatic carbocycles. The van der Waals surface area contributed by atoms with Gasteiger partial charge in [-0.25, -0.2) is 0 Å². The fourth-order valence-corrected chi connectivity index (χ4v) is 3.43. The maximum atomic E-state index is 6.20. The van der Waals surface area contributed by atoms with E-state index in [0.717, 1.165) is 9.50 Å². The highest BCUT2D eigenvalue weighted by molar-refractivity contribution is 9.10. The van der Waals surface area contributed by atoms with Gasteiger partial charge in [0.05, 0.1) is 0 Å². The first-order valence-electron chi connectivity index (χ1n) is 6.43. The SMILES string of the molecule is Clc1ccc2c3ccccc3c3ccc(Br)cc3c2c1. The van der Waals surface area contributed by atoms with Gasteiger partial charge in [-0.05, 0) is 56.6 Å². The van der Waals surface area contributed by atoms with Crippen LogP contribution in [-0.4, -0.2) is 0 Å². The van der Waals surface area contributed by atoms with Gasteiger partial charge < -0.3 is 0 Å². The summed E-state index contributed by atoms with van der Waals surface area (Å²) >= 11 is 9.77. The molecule has 0 aliphatic rings. The summed E-state index contributed by atoms with van der Waals surface area (Å²) in [5.74, 6) is 0. The zero-order valence-corrected chi connectivity index (χ0v) is 12.9. The Labute approximate surface area is 130 Å². The molecule has 20 heavy (non-hydrogen) atoms. The summed E-state index contributed by atoms with van der Waals surface area (Å²) in [7, 11) is 0. The second-order valence-electron chi connectivity index (χ2n) is 4.93. The van der Waals surface area contributed by atoms with E-state index in [-0.39, 0.29) is 0 Å². The largest absolute Gasteiger partial charge is 0.0843 e. The van der Waals surface area contributed by atoms with E-state index in [2.05, 4.69) is 70.5 Å². The highest BCUT2D eigenvalue weighted by Crippen LogP contribution is 2.37. The lowest BCUT2D eigenvalue weighted by atomic mass is 9.94. The van der Waals surface area contributed by atoms with Crippen LogP contribution in [0.15, 0.2) is 65.1 Å². The highest BCUT2D eigenvalue weighted by Gasteiger charge is 2.08. The zero-order chi connectivity index (χ0) is 13.7. The molecule has 4 aromatic carbocycles. The molecule has 0 saturated carbocycles. The number of benzene rings is 4. The molecular weight excluding hydrogens is 332 g/mol. The number of halogens is 2. The predicted molar refractivity (Wildman–Crippen MR) is 91.7 cm³/mol. The molecule has 2 heteroatoms. The Morgan fingerprint density at radius 1 is 0.600 bits per heavy atom. The van der Waals surface area contributed by atoms with Gasteiger partial charge >= 0.3 is 0 Å². The van der Waals surface area contributed by atoms with E-state index in [1.807, 2.05) is 6.07 Å². The van der Waals surface area contributed by atoms with Crippen molar-refractivity contribution in [2.24, 2.45) is 0 Å². The third-order valence-corrected chi connectivity index (χ3v) is 4.49. The smallest absolute Gasteiger partial charge is 0.0412 e. The Bertz CT molecular complexity index is 893. The van der Waals surface area contributed by atoms with Crippen molar-refractivity contribution in [1.82, 2.24) is 0 Å². The van der Waals surface area contributed by atoms with E-state index in [9.17, 15) is 0 Å². The molecule has 0 nitrogen and oxygen atoms in total. The molecule has 0 aromatic heterocycles. The zero-order valence-electron chi connectivity index (χ0n) is 10.5. The van der Waals surface area contributed by atoms with Gasteiger partial charge in [0, 0.05) is 9.50 Å². The van der Waals surface area contributed by atoms with Crippen molar-refractivity contribution in [3.63, 3.8) is 0 Å². The number of fused-ring (bicyclic) bond motifs is 6. The first-order valence-corrected chi connectivity index (χ1v) is 7.60. The van der Waals surface area contributed by atoms with Crippen LogP contribution in [0.25, 0.3) is 32.3 Å². The van der Waals surface area contributed by atoms with Crippen LogP contribution in [0.5, 0.6) is 0 Å². The Balaban J connectivity index is 2.41. The maximum absolute atomic E-state index is 6.20. The maximum Gasteiger partial charge on any atom is 0.0412 e. The van der Waals surface area contributed by atoms with Gasteiger partial charge in [-0.15, -0.1) is 0 Å². The van der Waals surface area contributed by atoms with Crippen LogP contribution < -0.4 is 0 Å². The number of hydrogen-bond acceptors (Lipinski definition) is 0. The monoisotopic (exact) mass is 340 g/mol.